The second-order valence-corrected chi connectivity index (χ2v) is 31.4. The molecule has 0 N–H and O–H groups in total. The van der Waals surface area contributed by atoms with E-state index in [1.165, 1.54) is 60.7 Å². The van der Waals surface area contributed by atoms with Crippen molar-refractivity contribution in [3.8, 4) is 169 Å². The van der Waals surface area contributed by atoms with Crippen LogP contribution in [0.4, 0.5) is 0 Å². The Morgan fingerprint density at radius 1 is 0.158 bits per heavy atom. The molecule has 8 nitrogen and oxygen atoms in total. The van der Waals surface area contributed by atoms with Crippen LogP contribution in [0.1, 0.15) is 44.5 Å². The van der Waals surface area contributed by atoms with E-state index < -0.39 is 10.8 Å². The third-order valence-corrected chi connectivity index (χ3v) is 24.9. The van der Waals surface area contributed by atoms with Gasteiger partial charge in [0.05, 0.1) is 10.8 Å². The van der Waals surface area contributed by atoms with Crippen LogP contribution in [0.5, 0.6) is 23.0 Å². The quantitative estimate of drug-likeness (QED) is 0.118. The van der Waals surface area contributed by atoms with Crippen LogP contribution in [0.25, 0.3) is 168 Å². The zero-order valence-corrected chi connectivity index (χ0v) is 64.8. The van der Waals surface area contributed by atoms with Gasteiger partial charge in [-0.15, -0.1) is 0 Å². The Morgan fingerprint density at radius 3 is 1.06 bits per heavy atom. The Bertz CT molecular complexity index is 7600. The highest BCUT2D eigenvalue weighted by molar-refractivity contribution is 6.08. The first-order chi connectivity index (χ1) is 59.4. The van der Waals surface area contributed by atoms with Gasteiger partial charge < -0.3 is 9.47 Å². The summed E-state index contributed by atoms with van der Waals surface area (Å²) in [4.78, 5) is 32.3. The Labute approximate surface area is 693 Å². The maximum absolute atomic E-state index is 7.24. The molecule has 8 heteroatoms. The van der Waals surface area contributed by atoms with Crippen LogP contribution >= 0.6 is 0 Å². The molecule has 24 rings (SSSR count). The molecule has 2 aliphatic heterocycles. The molecule has 0 amide bonds. The fourth-order valence-electron chi connectivity index (χ4n) is 19.7. The number of hydrogen-bond donors (Lipinski definition) is 0. The van der Waals surface area contributed by atoms with Crippen molar-refractivity contribution in [3.05, 3.63) is 457 Å². The van der Waals surface area contributed by atoms with E-state index in [4.69, 9.17) is 39.4 Å². The zero-order chi connectivity index (χ0) is 79.0. The van der Waals surface area contributed by atoms with Crippen LogP contribution < -0.4 is 9.47 Å². The normalized spacial score (nSPS) is 13.9. The second kappa shape index (κ2) is 27.4. The van der Waals surface area contributed by atoms with Gasteiger partial charge in [-0.1, -0.05) is 364 Å². The van der Waals surface area contributed by atoms with E-state index in [-0.39, 0.29) is 0 Å². The summed E-state index contributed by atoms with van der Waals surface area (Å²) in [6, 6.07) is 147. The summed E-state index contributed by atoms with van der Waals surface area (Å²) in [6.45, 7) is 0. The summed E-state index contributed by atoms with van der Waals surface area (Å²) in [5.41, 5.74) is 28.3. The molecule has 4 aliphatic rings. The van der Waals surface area contributed by atoms with Gasteiger partial charge in [-0.2, -0.15) is 0 Å². The smallest absolute Gasteiger partial charge is 0.164 e. The van der Waals surface area contributed by atoms with E-state index in [0.29, 0.717) is 34.9 Å². The largest absolute Gasteiger partial charge is 0.457 e. The van der Waals surface area contributed by atoms with Gasteiger partial charge in [0.1, 0.15) is 23.0 Å². The third kappa shape index (κ3) is 10.7. The standard InChI is InChI=1S/C112H68N6O2/c1-3-27-69(28-4-1)72-32-24-36-79(64-72)106-114-107(117-110(116-106)90-44-12-10-40-84(90)77-58-61-97-102(67-77)119-100-53-21-19-50-95(100)111(97)92-47-16-13-41-87(92)88-42-14-17-48-93(88)111)80-37-25-34-74(65-80)73-33-23-35-75(63-73)86-46-26-52-99-104(86)91-45-15-18-49-94(91)112(99)96-51-20-22-54-101(96)120-103-68-78(59-62-98(103)112)83-39-9-11-43-89(83)109-115-105(71-30-5-2-6-31-71)113-108(118-109)81-57-60-85-76(66-81)56-55-70-29-7-8-38-82(70)85/h1-68H. The van der Waals surface area contributed by atoms with Gasteiger partial charge in [0, 0.05) is 55.6 Å². The molecule has 1 atom stereocenters. The minimum atomic E-state index is -0.761. The van der Waals surface area contributed by atoms with Crippen LogP contribution in [-0.2, 0) is 10.8 Å². The highest BCUT2D eigenvalue weighted by Gasteiger charge is 2.53. The first kappa shape index (κ1) is 68.5. The summed E-state index contributed by atoms with van der Waals surface area (Å²) in [6.07, 6.45) is 0. The minimum absolute atomic E-state index is 0.550. The van der Waals surface area contributed by atoms with Crippen LogP contribution in [0, 0.1) is 0 Å². The van der Waals surface area contributed by atoms with E-state index in [9.17, 15) is 0 Å². The molecule has 20 aromatic rings. The SMILES string of the molecule is c1ccc(-c2cccc(-c3nc(-c4cccc(-c5cccc(-c6cccc7c6-c6ccccc6C76c7ccccc7Oc7cc(-c8ccccc8-c8nc(-c9ccccc9)nc(-c9ccc%10c(ccc%11ccccc%11%10)c9)n8)ccc76)c5)c4)nc(-c4ccccc4-c4ccc5c(c4)Oc4ccccc4C54c5ccccc5-c5ccccc54)n3)c2)cc1. The molecule has 2 aliphatic carbocycles. The fraction of sp³-hybridized carbons (Fsp3) is 0.0179. The number of fused-ring (bicyclic) bond motifs is 21. The molecule has 2 spiro atoms. The van der Waals surface area contributed by atoms with Crippen LogP contribution in [0.15, 0.2) is 413 Å². The number of hydrogen-bond acceptors (Lipinski definition) is 8. The molecule has 4 heterocycles. The highest BCUT2D eigenvalue weighted by atomic mass is 16.5. The number of rotatable bonds is 11. The van der Waals surface area contributed by atoms with Crippen LogP contribution in [-0.4, -0.2) is 29.9 Å². The lowest BCUT2D eigenvalue weighted by Crippen LogP contribution is -2.32. The summed E-state index contributed by atoms with van der Waals surface area (Å²) in [5.74, 6) is 6.64. The average Bonchev–Trinajstić information content (AvgIpc) is 1.53. The topological polar surface area (TPSA) is 95.8 Å². The number of benzene rings is 18. The van der Waals surface area contributed by atoms with Crippen molar-refractivity contribution < 1.29 is 9.47 Å². The molecule has 1 unspecified atom stereocenters. The lowest BCUT2D eigenvalue weighted by Gasteiger charge is -2.39. The number of ether oxygens (including phenoxy) is 2. The van der Waals surface area contributed by atoms with E-state index in [1.54, 1.807) is 0 Å². The molecular weight excluding hydrogens is 1460 g/mol. The minimum Gasteiger partial charge on any atom is -0.457 e. The number of aromatic nitrogens is 6. The number of nitrogens with zero attached hydrogens (tertiary/aromatic N) is 6. The van der Waals surface area contributed by atoms with E-state index in [2.05, 4.69) is 388 Å². The molecule has 18 aromatic carbocycles. The predicted octanol–water partition coefficient (Wildman–Crippen LogP) is 27.6. The van der Waals surface area contributed by atoms with Gasteiger partial charge in [-0.05, 0) is 170 Å². The molecular formula is C112H68N6O2. The van der Waals surface area contributed by atoms with Crippen molar-refractivity contribution in [2.75, 3.05) is 0 Å². The average molecular weight is 1530 g/mol. The Balaban J connectivity index is 0.605. The van der Waals surface area contributed by atoms with Crippen LogP contribution in [0.2, 0.25) is 0 Å². The first-order valence-electron chi connectivity index (χ1n) is 40.8. The molecule has 0 saturated heterocycles. The Kier molecular flexibility index (Phi) is 15.6. The maximum atomic E-state index is 7.24. The van der Waals surface area contributed by atoms with Gasteiger partial charge in [0.25, 0.3) is 0 Å². The molecule has 2 aromatic heterocycles. The van der Waals surface area contributed by atoms with Crippen molar-refractivity contribution in [2.24, 2.45) is 0 Å². The van der Waals surface area contributed by atoms with Crippen molar-refractivity contribution >= 4 is 21.5 Å². The lowest BCUT2D eigenvalue weighted by molar-refractivity contribution is 0.436. The van der Waals surface area contributed by atoms with E-state index in [0.717, 1.165) is 140 Å². The molecule has 0 fully saturated rings. The van der Waals surface area contributed by atoms with Crippen LogP contribution in [0.3, 0.4) is 0 Å². The van der Waals surface area contributed by atoms with E-state index in [1.807, 2.05) is 24.3 Å². The van der Waals surface area contributed by atoms with Gasteiger partial charge in [0.15, 0.2) is 34.9 Å². The second-order valence-electron chi connectivity index (χ2n) is 31.4. The maximum Gasteiger partial charge on any atom is 0.164 e. The van der Waals surface area contributed by atoms with Crippen molar-refractivity contribution in [1.29, 1.82) is 0 Å². The van der Waals surface area contributed by atoms with Gasteiger partial charge in [-0.25, -0.2) is 29.9 Å². The molecule has 558 valence electrons. The number of para-hydroxylation sites is 2. The summed E-state index contributed by atoms with van der Waals surface area (Å²) in [5, 5.41) is 4.71. The zero-order valence-electron chi connectivity index (χ0n) is 64.8. The summed E-state index contributed by atoms with van der Waals surface area (Å²) >= 11 is 0. The van der Waals surface area contributed by atoms with Gasteiger partial charge in [-0.3, -0.25) is 0 Å². The molecule has 0 bridgehead atoms. The third-order valence-electron chi connectivity index (χ3n) is 24.9. The monoisotopic (exact) mass is 1530 g/mol. The molecule has 0 saturated carbocycles. The Hall–Kier alpha value is -15.9. The van der Waals surface area contributed by atoms with E-state index >= 15 is 0 Å². The summed E-state index contributed by atoms with van der Waals surface area (Å²) < 4.78 is 14.3. The van der Waals surface area contributed by atoms with Gasteiger partial charge in [0.2, 0.25) is 0 Å². The highest BCUT2D eigenvalue weighted by Crippen LogP contribution is 2.65. The van der Waals surface area contributed by atoms with Crippen molar-refractivity contribution in [1.82, 2.24) is 29.9 Å². The first-order valence-corrected chi connectivity index (χ1v) is 40.8. The van der Waals surface area contributed by atoms with Crippen molar-refractivity contribution in [3.63, 3.8) is 0 Å². The van der Waals surface area contributed by atoms with Crippen molar-refractivity contribution in [2.45, 2.75) is 10.8 Å². The molecule has 120 heavy (non-hydrogen) atoms. The fourth-order valence-corrected chi connectivity index (χ4v) is 19.7. The Morgan fingerprint density at radius 2 is 0.492 bits per heavy atom. The lowest BCUT2D eigenvalue weighted by atomic mass is 9.66. The van der Waals surface area contributed by atoms with Gasteiger partial charge >= 0.3 is 0 Å². The summed E-state index contributed by atoms with van der Waals surface area (Å²) in [7, 11) is 0. The predicted molar refractivity (Wildman–Crippen MR) is 483 cm³/mol. The molecule has 0 radical (unpaired) electrons.